The third-order valence-electron chi connectivity index (χ3n) is 5.07. The number of piperazine rings is 1. The first kappa shape index (κ1) is 18.7. The lowest BCUT2D eigenvalue weighted by molar-refractivity contribution is 0.122. The molecule has 2 aromatic rings. The summed E-state index contributed by atoms with van der Waals surface area (Å²) < 4.78 is 20.8. The number of hydrogen-bond acceptors (Lipinski definition) is 8. The summed E-state index contributed by atoms with van der Waals surface area (Å²) >= 11 is 0. The molecule has 0 amide bonds. The SMILES string of the molecule is CN(C)c1nc(N2CCOCC2)c(F)c(N2CCN(c3ccccn3)CC2)n1. The molecule has 0 aliphatic carbocycles. The van der Waals surface area contributed by atoms with Crippen LogP contribution in [0.5, 0.6) is 0 Å². The van der Waals surface area contributed by atoms with Crippen LogP contribution < -0.4 is 19.6 Å². The smallest absolute Gasteiger partial charge is 0.228 e. The largest absolute Gasteiger partial charge is 0.378 e. The van der Waals surface area contributed by atoms with E-state index in [9.17, 15) is 0 Å². The quantitative estimate of drug-likeness (QED) is 0.777. The summed E-state index contributed by atoms with van der Waals surface area (Å²) in [6, 6.07) is 5.89. The molecule has 4 rings (SSSR count). The van der Waals surface area contributed by atoms with Gasteiger partial charge in [-0.1, -0.05) is 6.07 Å². The molecule has 0 spiro atoms. The van der Waals surface area contributed by atoms with Gasteiger partial charge in [-0.2, -0.15) is 14.4 Å². The van der Waals surface area contributed by atoms with Crippen molar-refractivity contribution in [2.24, 2.45) is 0 Å². The minimum absolute atomic E-state index is 0.348. The number of halogens is 1. The first-order valence-corrected chi connectivity index (χ1v) is 9.62. The first-order valence-electron chi connectivity index (χ1n) is 9.62. The van der Waals surface area contributed by atoms with E-state index in [4.69, 9.17) is 4.74 Å². The van der Waals surface area contributed by atoms with Gasteiger partial charge in [-0.15, -0.1) is 0 Å². The van der Waals surface area contributed by atoms with Crippen LogP contribution in [0, 0.1) is 5.82 Å². The summed E-state index contributed by atoms with van der Waals surface area (Å²) in [6.45, 7) is 5.33. The van der Waals surface area contributed by atoms with Crippen molar-refractivity contribution in [3.8, 4) is 0 Å². The van der Waals surface area contributed by atoms with Crippen molar-refractivity contribution in [3.05, 3.63) is 30.2 Å². The summed E-state index contributed by atoms with van der Waals surface area (Å²) in [6.07, 6.45) is 1.80. The summed E-state index contributed by atoms with van der Waals surface area (Å²) in [7, 11) is 3.75. The van der Waals surface area contributed by atoms with E-state index < -0.39 is 0 Å². The second kappa shape index (κ2) is 8.14. The van der Waals surface area contributed by atoms with Crippen LogP contribution in [-0.2, 0) is 4.74 Å². The molecule has 150 valence electrons. The minimum atomic E-state index is -0.348. The second-order valence-corrected chi connectivity index (χ2v) is 7.14. The maximum absolute atomic E-state index is 15.4. The number of hydrogen-bond donors (Lipinski definition) is 0. The number of pyridine rings is 1. The Kier molecular flexibility index (Phi) is 5.43. The zero-order valence-corrected chi connectivity index (χ0v) is 16.4. The molecule has 0 N–H and O–H groups in total. The average molecular weight is 387 g/mol. The fraction of sp³-hybridized carbons (Fsp3) is 0.526. The van der Waals surface area contributed by atoms with Crippen molar-refractivity contribution in [2.75, 3.05) is 86.2 Å². The Morgan fingerprint density at radius 3 is 2.07 bits per heavy atom. The number of aromatic nitrogens is 3. The Hall–Kier alpha value is -2.68. The number of anilines is 4. The van der Waals surface area contributed by atoms with Crippen LogP contribution >= 0.6 is 0 Å². The zero-order chi connectivity index (χ0) is 19.5. The average Bonchev–Trinajstić information content (AvgIpc) is 2.75. The summed E-state index contributed by atoms with van der Waals surface area (Å²) in [5.74, 6) is 1.86. The van der Waals surface area contributed by atoms with Crippen LogP contribution in [-0.4, -0.2) is 81.5 Å². The number of nitrogens with zero attached hydrogens (tertiary/aromatic N) is 7. The predicted molar refractivity (Wildman–Crippen MR) is 108 cm³/mol. The minimum Gasteiger partial charge on any atom is -0.378 e. The molecule has 0 bridgehead atoms. The summed E-state index contributed by atoms with van der Waals surface area (Å²) in [5, 5.41) is 0. The molecule has 2 aliphatic rings. The van der Waals surface area contributed by atoms with E-state index in [1.54, 1.807) is 6.20 Å². The molecule has 0 aromatic carbocycles. The predicted octanol–water partition coefficient (Wildman–Crippen LogP) is 1.24. The highest BCUT2D eigenvalue weighted by molar-refractivity contribution is 5.58. The molecule has 0 radical (unpaired) electrons. The maximum Gasteiger partial charge on any atom is 0.228 e. The molecule has 4 heterocycles. The fourth-order valence-corrected chi connectivity index (χ4v) is 3.49. The highest BCUT2D eigenvalue weighted by atomic mass is 19.1. The first-order chi connectivity index (χ1) is 13.6. The van der Waals surface area contributed by atoms with Crippen molar-refractivity contribution in [3.63, 3.8) is 0 Å². The molecule has 2 fully saturated rings. The monoisotopic (exact) mass is 387 g/mol. The summed E-state index contributed by atoms with van der Waals surface area (Å²) in [5.41, 5.74) is 0. The Balaban J connectivity index is 1.57. The van der Waals surface area contributed by atoms with Crippen LogP contribution in [0.15, 0.2) is 24.4 Å². The molecule has 2 saturated heterocycles. The highest BCUT2D eigenvalue weighted by Crippen LogP contribution is 2.29. The number of morpholine rings is 1. The van der Waals surface area contributed by atoms with E-state index in [1.807, 2.05) is 47.0 Å². The van der Waals surface area contributed by atoms with Gasteiger partial charge in [-0.25, -0.2) is 4.98 Å². The molecule has 2 aliphatic heterocycles. The van der Waals surface area contributed by atoms with E-state index in [1.165, 1.54) is 0 Å². The van der Waals surface area contributed by atoms with Gasteiger partial charge >= 0.3 is 0 Å². The normalized spacial score (nSPS) is 17.8. The Labute approximate surface area is 164 Å². The van der Waals surface area contributed by atoms with E-state index in [0.717, 1.165) is 18.9 Å². The van der Waals surface area contributed by atoms with Crippen LogP contribution in [0.4, 0.5) is 27.8 Å². The molecule has 28 heavy (non-hydrogen) atoms. The van der Waals surface area contributed by atoms with Crippen molar-refractivity contribution in [1.29, 1.82) is 0 Å². The van der Waals surface area contributed by atoms with Gasteiger partial charge in [0.2, 0.25) is 11.8 Å². The third kappa shape index (κ3) is 3.80. The Bertz CT molecular complexity index is 790. The van der Waals surface area contributed by atoms with Gasteiger partial charge in [0.1, 0.15) is 5.82 Å². The Morgan fingerprint density at radius 2 is 1.50 bits per heavy atom. The Morgan fingerprint density at radius 1 is 0.893 bits per heavy atom. The van der Waals surface area contributed by atoms with Gasteiger partial charge in [-0.3, -0.25) is 0 Å². The lowest BCUT2D eigenvalue weighted by Crippen LogP contribution is -2.47. The van der Waals surface area contributed by atoms with E-state index in [0.29, 0.717) is 57.0 Å². The van der Waals surface area contributed by atoms with Crippen molar-refractivity contribution in [1.82, 2.24) is 15.0 Å². The molecular weight excluding hydrogens is 361 g/mol. The molecular formula is C19H26FN7O. The lowest BCUT2D eigenvalue weighted by atomic mass is 10.3. The molecule has 0 saturated carbocycles. The van der Waals surface area contributed by atoms with Crippen LogP contribution in [0.2, 0.25) is 0 Å². The molecule has 2 aromatic heterocycles. The van der Waals surface area contributed by atoms with Gasteiger partial charge in [0.25, 0.3) is 0 Å². The van der Waals surface area contributed by atoms with E-state index >= 15 is 4.39 Å². The topological polar surface area (TPSA) is 60.9 Å². The van der Waals surface area contributed by atoms with Crippen LogP contribution in [0.25, 0.3) is 0 Å². The lowest BCUT2D eigenvalue weighted by Gasteiger charge is -2.37. The van der Waals surface area contributed by atoms with Gasteiger partial charge in [0.05, 0.1) is 13.2 Å². The van der Waals surface area contributed by atoms with Crippen molar-refractivity contribution >= 4 is 23.4 Å². The van der Waals surface area contributed by atoms with Crippen LogP contribution in [0.3, 0.4) is 0 Å². The molecule has 9 heteroatoms. The van der Waals surface area contributed by atoms with E-state index in [2.05, 4.69) is 19.9 Å². The molecule has 8 nitrogen and oxygen atoms in total. The van der Waals surface area contributed by atoms with Gasteiger partial charge < -0.3 is 24.3 Å². The second-order valence-electron chi connectivity index (χ2n) is 7.14. The van der Waals surface area contributed by atoms with Gasteiger partial charge in [0, 0.05) is 59.6 Å². The van der Waals surface area contributed by atoms with Gasteiger partial charge in [-0.05, 0) is 12.1 Å². The third-order valence-corrected chi connectivity index (χ3v) is 5.07. The van der Waals surface area contributed by atoms with Crippen molar-refractivity contribution in [2.45, 2.75) is 0 Å². The van der Waals surface area contributed by atoms with Crippen LogP contribution in [0.1, 0.15) is 0 Å². The molecule has 0 unspecified atom stereocenters. The number of rotatable bonds is 4. The standard InChI is InChI=1S/C19H26FN7O/c1-24(2)19-22-17(16(20)18(23-19)27-11-13-28-14-12-27)26-9-7-25(8-10-26)15-5-3-4-6-21-15/h3-6H,7-14H2,1-2H3. The molecule has 0 atom stereocenters. The van der Waals surface area contributed by atoms with Gasteiger partial charge in [0.15, 0.2) is 11.6 Å². The highest BCUT2D eigenvalue weighted by Gasteiger charge is 2.27. The van der Waals surface area contributed by atoms with Crippen molar-refractivity contribution < 1.29 is 9.13 Å². The zero-order valence-electron chi connectivity index (χ0n) is 16.4. The fourth-order valence-electron chi connectivity index (χ4n) is 3.49. The summed E-state index contributed by atoms with van der Waals surface area (Å²) in [4.78, 5) is 21.4. The maximum atomic E-state index is 15.4. The number of ether oxygens (including phenoxy) is 1. The van der Waals surface area contributed by atoms with E-state index in [-0.39, 0.29) is 5.82 Å².